The maximum atomic E-state index is 14.6. The van der Waals surface area contributed by atoms with Gasteiger partial charge >= 0.3 is 12.3 Å². The number of hydrogen-bond acceptors (Lipinski definition) is 8. The number of likely N-dealkylation sites (tertiary alicyclic amines) is 1. The summed E-state index contributed by atoms with van der Waals surface area (Å²) in [4.78, 5) is 58.9. The molecule has 3 saturated carbocycles. The van der Waals surface area contributed by atoms with Crippen molar-refractivity contribution >= 4 is 51.1 Å². The van der Waals surface area contributed by atoms with E-state index in [4.69, 9.17) is 16.3 Å². The Hall–Kier alpha value is -4.12. The molecule has 3 aliphatic carbocycles. The summed E-state index contributed by atoms with van der Waals surface area (Å²) in [7, 11) is -4.05. The fraction of sp³-hybridized carbons (Fsp3) is 0.579. The van der Waals surface area contributed by atoms with E-state index >= 15 is 0 Å². The molecule has 3 N–H and O–H groups in total. The first-order chi connectivity index (χ1) is 26.0. The van der Waals surface area contributed by atoms with Crippen LogP contribution in [0.1, 0.15) is 82.9 Å². The average molecular weight is 826 g/mol. The van der Waals surface area contributed by atoms with Crippen molar-refractivity contribution in [3.63, 3.8) is 0 Å². The molecule has 0 bridgehead atoms. The number of anilines is 1. The van der Waals surface area contributed by atoms with Crippen LogP contribution in [0.3, 0.4) is 0 Å². The van der Waals surface area contributed by atoms with Crippen molar-refractivity contribution < 1.29 is 49.9 Å². The summed E-state index contributed by atoms with van der Waals surface area (Å²) in [5, 5.41) is 6.10. The Morgan fingerprint density at radius 2 is 1.73 bits per heavy atom. The number of hydrogen-bond donors (Lipinski definition) is 3. The molecule has 5 atom stereocenters. The number of benzene rings is 2. The molecule has 5 unspecified atom stereocenters. The smallest absolute Gasteiger partial charge is 0.419 e. The van der Waals surface area contributed by atoms with E-state index in [2.05, 4.69) is 15.4 Å². The van der Waals surface area contributed by atoms with Crippen LogP contribution in [0.2, 0.25) is 5.02 Å². The van der Waals surface area contributed by atoms with Gasteiger partial charge in [0.05, 0.1) is 23.4 Å². The van der Waals surface area contributed by atoms with Crippen LogP contribution in [0, 0.1) is 23.1 Å². The van der Waals surface area contributed by atoms with E-state index in [1.807, 2.05) is 6.07 Å². The fourth-order valence-corrected chi connectivity index (χ4v) is 9.38. The van der Waals surface area contributed by atoms with Crippen molar-refractivity contribution in [3.05, 3.63) is 63.9 Å². The predicted octanol–water partition coefficient (Wildman–Crippen LogP) is 5.73. The molecule has 1 saturated heterocycles. The normalized spacial score (nSPS) is 25.9. The molecule has 2 aromatic rings. The molecule has 7 rings (SSSR count). The van der Waals surface area contributed by atoms with Gasteiger partial charge in [-0.3, -0.25) is 24.0 Å². The Bertz CT molecular complexity index is 2090. The van der Waals surface area contributed by atoms with Crippen LogP contribution in [0.15, 0.2) is 36.4 Å². The molecule has 0 radical (unpaired) electrons. The molecule has 12 nitrogen and oxygen atoms in total. The van der Waals surface area contributed by atoms with E-state index in [1.165, 1.54) is 16.7 Å². The number of sulfonamides is 1. The maximum Gasteiger partial charge on any atom is 0.419 e. The van der Waals surface area contributed by atoms with Crippen LogP contribution >= 0.6 is 11.6 Å². The number of carbonyl (C=O) groups excluding carboxylic acids is 4. The monoisotopic (exact) mass is 825 g/mol. The SMILES string of the molecule is CC(C)(C)C(Nc1ccc(F)c(C(F)(F)F)c1)C(=O)N1CC(OC(=O)N2Cc3cccc(Cl)c3C2)CC1C(=O)NC1(C(=O)NS(=O)(=O)C2(C)CC2)CC1C1CC1. The van der Waals surface area contributed by atoms with E-state index in [0.717, 1.165) is 30.0 Å². The number of nitrogens with one attached hydrogen (secondary N) is 3. The van der Waals surface area contributed by atoms with E-state index in [0.29, 0.717) is 30.0 Å². The molecular formula is C38H44ClF4N5O7S. The highest BCUT2D eigenvalue weighted by atomic mass is 35.5. The lowest BCUT2D eigenvalue weighted by atomic mass is 9.85. The zero-order chi connectivity index (χ0) is 40.7. The van der Waals surface area contributed by atoms with Crippen molar-refractivity contribution in [2.24, 2.45) is 17.3 Å². The van der Waals surface area contributed by atoms with Gasteiger partial charge in [0.15, 0.2) is 0 Å². The Morgan fingerprint density at radius 3 is 2.34 bits per heavy atom. The third-order valence-corrected chi connectivity index (χ3v) is 14.3. The summed E-state index contributed by atoms with van der Waals surface area (Å²) in [6.45, 7) is 6.59. The zero-order valence-corrected chi connectivity index (χ0v) is 32.8. The van der Waals surface area contributed by atoms with Gasteiger partial charge in [0, 0.05) is 23.7 Å². The van der Waals surface area contributed by atoms with Gasteiger partial charge in [-0.2, -0.15) is 13.2 Å². The zero-order valence-electron chi connectivity index (χ0n) is 31.3. The van der Waals surface area contributed by atoms with Gasteiger partial charge in [0.2, 0.25) is 21.8 Å². The van der Waals surface area contributed by atoms with Gasteiger partial charge in [-0.25, -0.2) is 17.6 Å². The molecule has 304 valence electrons. The number of alkyl halides is 3. The Morgan fingerprint density at radius 1 is 1.04 bits per heavy atom. The molecule has 56 heavy (non-hydrogen) atoms. The summed E-state index contributed by atoms with van der Waals surface area (Å²) in [5.41, 5.74) is -2.69. The van der Waals surface area contributed by atoms with E-state index in [-0.39, 0.29) is 50.0 Å². The lowest BCUT2D eigenvalue weighted by Gasteiger charge is -2.36. The van der Waals surface area contributed by atoms with Gasteiger partial charge in [-0.1, -0.05) is 44.5 Å². The summed E-state index contributed by atoms with van der Waals surface area (Å²) >= 11 is 6.35. The number of amides is 4. The number of fused-ring (bicyclic) bond motifs is 1. The first-order valence-corrected chi connectivity index (χ1v) is 20.4. The summed E-state index contributed by atoms with van der Waals surface area (Å²) in [6.07, 6.45) is -4.40. The first kappa shape index (κ1) is 40.1. The summed E-state index contributed by atoms with van der Waals surface area (Å²) in [5.74, 6) is -4.09. The van der Waals surface area contributed by atoms with E-state index in [1.54, 1.807) is 32.9 Å². The minimum Gasteiger partial charge on any atom is -0.444 e. The fourth-order valence-electron chi connectivity index (χ4n) is 7.82. The minimum absolute atomic E-state index is 0.0974. The van der Waals surface area contributed by atoms with Crippen LogP contribution < -0.4 is 15.4 Å². The van der Waals surface area contributed by atoms with Gasteiger partial charge in [-0.15, -0.1) is 0 Å². The first-order valence-electron chi connectivity index (χ1n) is 18.6. The topological polar surface area (TPSA) is 154 Å². The van der Waals surface area contributed by atoms with Crippen LogP contribution in [0.4, 0.5) is 28.0 Å². The number of nitrogens with zero attached hydrogens (tertiary/aromatic N) is 2. The van der Waals surface area contributed by atoms with Crippen molar-refractivity contribution in [3.8, 4) is 0 Å². The van der Waals surface area contributed by atoms with E-state index < -0.39 is 85.3 Å². The summed E-state index contributed by atoms with van der Waals surface area (Å²) in [6, 6.07) is 4.95. The molecule has 5 aliphatic rings. The predicted molar refractivity (Wildman–Crippen MR) is 196 cm³/mol. The van der Waals surface area contributed by atoms with Gasteiger partial charge in [0.1, 0.15) is 29.5 Å². The van der Waals surface area contributed by atoms with E-state index in [9.17, 15) is 45.2 Å². The Kier molecular flexibility index (Phi) is 9.86. The second-order valence-electron chi connectivity index (χ2n) is 17.1. The van der Waals surface area contributed by atoms with Crippen LogP contribution in [-0.2, 0) is 48.4 Å². The number of rotatable bonds is 10. The standard InChI is InChI=1S/C38H44ClF4N5O7S/c1-35(2,3)30(44-22-10-11-28(40)25(14-22)38(41,42)43)32(50)48-18-23(55-34(52)47-17-21-6-5-7-27(39)24(21)19-47)15-29(48)31(49)45-37(16-26(37)20-8-9-20)33(51)46-56(53,54)36(4)12-13-36/h5-7,10-11,14,20,23,26,29-30,44H,8-9,12-13,15-19H2,1-4H3,(H,45,49)(H,46,51). The molecule has 18 heteroatoms. The molecular weight excluding hydrogens is 782 g/mol. The summed E-state index contributed by atoms with van der Waals surface area (Å²) < 4.78 is 88.2. The van der Waals surface area contributed by atoms with Crippen LogP contribution in [-0.4, -0.2) is 77.1 Å². The average Bonchev–Trinajstić information content (AvgIpc) is 4.06. The van der Waals surface area contributed by atoms with Gasteiger partial charge in [0.25, 0.3) is 5.91 Å². The molecule has 0 spiro atoms. The van der Waals surface area contributed by atoms with Crippen molar-refractivity contribution in [1.82, 2.24) is 19.8 Å². The molecule has 2 heterocycles. The second-order valence-corrected chi connectivity index (χ2v) is 19.7. The second kappa shape index (κ2) is 13.8. The minimum atomic E-state index is -5.01. The number of carbonyl (C=O) groups is 4. The molecule has 4 amide bonds. The van der Waals surface area contributed by atoms with Crippen molar-refractivity contribution in [2.45, 2.75) is 114 Å². The van der Waals surface area contributed by atoms with Gasteiger partial charge in [-0.05, 0) is 91.7 Å². The number of halogens is 5. The highest BCUT2D eigenvalue weighted by Gasteiger charge is 2.67. The molecule has 2 aliphatic heterocycles. The van der Waals surface area contributed by atoms with Crippen LogP contribution in [0.5, 0.6) is 0 Å². The maximum absolute atomic E-state index is 14.6. The largest absolute Gasteiger partial charge is 0.444 e. The third-order valence-electron chi connectivity index (χ3n) is 11.8. The highest BCUT2D eigenvalue weighted by molar-refractivity contribution is 7.91. The van der Waals surface area contributed by atoms with Crippen LogP contribution in [0.25, 0.3) is 0 Å². The highest BCUT2D eigenvalue weighted by Crippen LogP contribution is 2.57. The lowest BCUT2D eigenvalue weighted by molar-refractivity contribution is -0.141. The Labute approximate surface area is 327 Å². The third kappa shape index (κ3) is 7.64. The lowest BCUT2D eigenvalue weighted by Crippen LogP contribution is -2.59. The van der Waals surface area contributed by atoms with Gasteiger partial charge < -0.3 is 20.3 Å². The van der Waals surface area contributed by atoms with Crippen molar-refractivity contribution in [2.75, 3.05) is 11.9 Å². The van der Waals surface area contributed by atoms with Crippen molar-refractivity contribution in [1.29, 1.82) is 0 Å². The molecule has 2 aromatic carbocycles. The number of ether oxygens (including phenoxy) is 1. The Balaban J connectivity index is 1.16. The molecule has 4 fully saturated rings. The molecule has 0 aromatic heterocycles. The quantitative estimate of drug-likeness (QED) is 0.257.